The van der Waals surface area contributed by atoms with Crippen LogP contribution in [-0.4, -0.2) is 18.7 Å². The van der Waals surface area contributed by atoms with E-state index in [0.717, 1.165) is 16.7 Å². The van der Waals surface area contributed by atoms with Gasteiger partial charge < -0.3 is 4.74 Å². The number of aryl methyl sites for hydroxylation is 1. The smallest absolute Gasteiger partial charge is 0.277 e. The number of hydrogen-bond donors (Lipinski definition) is 1. The van der Waals surface area contributed by atoms with Crippen molar-refractivity contribution < 1.29 is 9.53 Å². The first-order valence-corrected chi connectivity index (χ1v) is 7.21. The van der Waals surface area contributed by atoms with Gasteiger partial charge in [0.25, 0.3) is 5.91 Å². The van der Waals surface area contributed by atoms with Crippen molar-refractivity contribution in [1.29, 1.82) is 0 Å². The summed E-state index contributed by atoms with van der Waals surface area (Å²) in [6.45, 7) is 3.86. The molecule has 0 aromatic heterocycles. The number of ether oxygens (including phenoxy) is 1. The molecule has 4 nitrogen and oxygen atoms in total. The number of halogens is 1. The number of hydrazone groups is 1. The average molecular weight is 317 g/mol. The second kappa shape index (κ2) is 7.61. The fourth-order valence-corrected chi connectivity index (χ4v) is 1.99. The minimum absolute atomic E-state index is 0.0931. The SMILES string of the molecule is Cc1cccc(OCC(=O)N/N=C\c2ccccc2Cl)c1C. The van der Waals surface area contributed by atoms with Crippen molar-refractivity contribution in [1.82, 2.24) is 5.43 Å². The first kappa shape index (κ1) is 16.0. The van der Waals surface area contributed by atoms with Crippen LogP contribution in [0.2, 0.25) is 5.02 Å². The Labute approximate surface area is 134 Å². The van der Waals surface area contributed by atoms with Gasteiger partial charge in [0.1, 0.15) is 5.75 Å². The third-order valence-electron chi connectivity index (χ3n) is 3.21. The van der Waals surface area contributed by atoms with Crippen LogP contribution in [-0.2, 0) is 4.79 Å². The molecule has 0 radical (unpaired) electrons. The molecule has 0 fully saturated rings. The van der Waals surface area contributed by atoms with Gasteiger partial charge in [-0.2, -0.15) is 5.10 Å². The van der Waals surface area contributed by atoms with Gasteiger partial charge in [0.2, 0.25) is 0 Å². The third-order valence-corrected chi connectivity index (χ3v) is 3.56. The topological polar surface area (TPSA) is 50.7 Å². The lowest BCUT2D eigenvalue weighted by Crippen LogP contribution is -2.24. The number of carbonyl (C=O) groups excluding carboxylic acids is 1. The molecular weight excluding hydrogens is 300 g/mol. The molecule has 0 saturated carbocycles. The van der Waals surface area contributed by atoms with Gasteiger partial charge in [-0.05, 0) is 37.1 Å². The molecule has 0 bridgehead atoms. The van der Waals surface area contributed by atoms with Gasteiger partial charge in [0.15, 0.2) is 6.61 Å². The maximum absolute atomic E-state index is 11.7. The molecule has 22 heavy (non-hydrogen) atoms. The monoisotopic (exact) mass is 316 g/mol. The lowest BCUT2D eigenvalue weighted by Gasteiger charge is -2.09. The maximum Gasteiger partial charge on any atom is 0.277 e. The van der Waals surface area contributed by atoms with E-state index in [4.69, 9.17) is 16.3 Å². The highest BCUT2D eigenvalue weighted by Crippen LogP contribution is 2.20. The van der Waals surface area contributed by atoms with E-state index in [9.17, 15) is 4.79 Å². The fraction of sp³-hybridized carbons (Fsp3) is 0.176. The fourth-order valence-electron chi connectivity index (χ4n) is 1.81. The van der Waals surface area contributed by atoms with Crippen LogP contribution in [0.3, 0.4) is 0 Å². The molecule has 0 atom stereocenters. The molecule has 0 spiro atoms. The number of amides is 1. The molecule has 114 valence electrons. The molecule has 5 heteroatoms. The zero-order chi connectivity index (χ0) is 15.9. The molecule has 0 aliphatic carbocycles. The molecule has 0 saturated heterocycles. The highest BCUT2D eigenvalue weighted by Gasteiger charge is 2.05. The summed E-state index contributed by atoms with van der Waals surface area (Å²) >= 11 is 5.98. The maximum atomic E-state index is 11.7. The van der Waals surface area contributed by atoms with Crippen LogP contribution in [0.4, 0.5) is 0 Å². The van der Waals surface area contributed by atoms with E-state index < -0.39 is 0 Å². The quantitative estimate of drug-likeness (QED) is 0.678. The van der Waals surface area contributed by atoms with Crippen LogP contribution in [0.25, 0.3) is 0 Å². The standard InChI is InChI=1S/C17H17ClN2O2/c1-12-6-5-9-16(13(12)2)22-11-17(21)20-19-10-14-7-3-4-8-15(14)18/h3-10H,11H2,1-2H3,(H,20,21)/b19-10-. The van der Waals surface area contributed by atoms with Gasteiger partial charge in [0.05, 0.1) is 6.21 Å². The zero-order valence-electron chi connectivity index (χ0n) is 12.5. The molecule has 0 aliphatic heterocycles. The van der Waals surface area contributed by atoms with Crippen molar-refractivity contribution in [3.63, 3.8) is 0 Å². The molecule has 2 rings (SSSR count). The Balaban J connectivity index is 1.86. The average Bonchev–Trinajstić information content (AvgIpc) is 2.51. The van der Waals surface area contributed by atoms with Gasteiger partial charge in [0, 0.05) is 10.6 Å². The lowest BCUT2D eigenvalue weighted by molar-refractivity contribution is -0.123. The number of nitrogens with zero attached hydrogens (tertiary/aromatic N) is 1. The van der Waals surface area contributed by atoms with E-state index in [1.807, 2.05) is 50.2 Å². The Kier molecular flexibility index (Phi) is 5.55. The first-order valence-electron chi connectivity index (χ1n) is 6.83. The van der Waals surface area contributed by atoms with Gasteiger partial charge in [-0.3, -0.25) is 4.79 Å². The molecular formula is C17H17ClN2O2. The first-order chi connectivity index (χ1) is 10.6. The third kappa shape index (κ3) is 4.33. The number of hydrogen-bond acceptors (Lipinski definition) is 3. The van der Waals surface area contributed by atoms with Crippen LogP contribution in [0, 0.1) is 13.8 Å². The van der Waals surface area contributed by atoms with Gasteiger partial charge in [-0.1, -0.05) is 41.9 Å². The van der Waals surface area contributed by atoms with Crippen molar-refractivity contribution in [2.24, 2.45) is 5.10 Å². The largest absolute Gasteiger partial charge is 0.483 e. The summed E-state index contributed by atoms with van der Waals surface area (Å²) in [5.74, 6) is 0.370. The van der Waals surface area contributed by atoms with E-state index in [2.05, 4.69) is 10.5 Å². The molecule has 0 heterocycles. The molecule has 2 aromatic rings. The second-order valence-corrected chi connectivity index (χ2v) is 5.21. The summed E-state index contributed by atoms with van der Waals surface area (Å²) in [7, 11) is 0. The van der Waals surface area contributed by atoms with Crippen LogP contribution < -0.4 is 10.2 Å². The van der Waals surface area contributed by atoms with Crippen molar-refractivity contribution >= 4 is 23.7 Å². The van der Waals surface area contributed by atoms with E-state index in [1.54, 1.807) is 6.07 Å². The summed E-state index contributed by atoms with van der Waals surface area (Å²) in [6, 6.07) is 13.0. The Bertz CT molecular complexity index is 699. The van der Waals surface area contributed by atoms with E-state index in [1.165, 1.54) is 6.21 Å². The van der Waals surface area contributed by atoms with Crippen molar-refractivity contribution in [2.45, 2.75) is 13.8 Å². The number of nitrogens with one attached hydrogen (secondary N) is 1. The molecule has 1 N–H and O–H groups in total. The minimum atomic E-state index is -0.329. The molecule has 0 unspecified atom stereocenters. The summed E-state index contributed by atoms with van der Waals surface area (Å²) in [6.07, 6.45) is 1.50. The van der Waals surface area contributed by atoms with Crippen LogP contribution >= 0.6 is 11.6 Å². The Morgan fingerprint density at radius 3 is 2.77 bits per heavy atom. The summed E-state index contributed by atoms with van der Waals surface area (Å²) in [5, 5.41) is 4.44. The van der Waals surface area contributed by atoms with Gasteiger partial charge in [-0.25, -0.2) is 5.43 Å². The van der Waals surface area contributed by atoms with E-state index in [0.29, 0.717) is 10.8 Å². The molecule has 2 aromatic carbocycles. The summed E-state index contributed by atoms with van der Waals surface area (Å²) in [4.78, 5) is 11.7. The van der Waals surface area contributed by atoms with Crippen molar-refractivity contribution in [3.05, 3.63) is 64.2 Å². The zero-order valence-corrected chi connectivity index (χ0v) is 13.2. The number of carbonyl (C=O) groups is 1. The van der Waals surface area contributed by atoms with E-state index >= 15 is 0 Å². The highest BCUT2D eigenvalue weighted by molar-refractivity contribution is 6.33. The summed E-state index contributed by atoms with van der Waals surface area (Å²) in [5.41, 5.74) is 5.29. The summed E-state index contributed by atoms with van der Waals surface area (Å²) < 4.78 is 5.49. The normalized spacial score (nSPS) is 10.7. The lowest BCUT2D eigenvalue weighted by atomic mass is 10.1. The van der Waals surface area contributed by atoms with E-state index in [-0.39, 0.29) is 12.5 Å². The predicted molar refractivity (Wildman–Crippen MR) is 88.6 cm³/mol. The minimum Gasteiger partial charge on any atom is -0.483 e. The molecule has 1 amide bonds. The Morgan fingerprint density at radius 2 is 2.00 bits per heavy atom. The Morgan fingerprint density at radius 1 is 1.23 bits per heavy atom. The predicted octanol–water partition coefficient (Wildman–Crippen LogP) is 3.49. The van der Waals surface area contributed by atoms with Gasteiger partial charge in [-0.15, -0.1) is 0 Å². The van der Waals surface area contributed by atoms with Crippen LogP contribution in [0.5, 0.6) is 5.75 Å². The molecule has 0 aliphatic rings. The second-order valence-electron chi connectivity index (χ2n) is 4.80. The van der Waals surface area contributed by atoms with Crippen LogP contribution in [0.1, 0.15) is 16.7 Å². The van der Waals surface area contributed by atoms with Gasteiger partial charge >= 0.3 is 0 Å². The Hall–Kier alpha value is -2.33. The van der Waals surface area contributed by atoms with Crippen LogP contribution in [0.15, 0.2) is 47.6 Å². The highest BCUT2D eigenvalue weighted by atomic mass is 35.5. The van der Waals surface area contributed by atoms with Crippen molar-refractivity contribution in [2.75, 3.05) is 6.61 Å². The van der Waals surface area contributed by atoms with Crippen molar-refractivity contribution in [3.8, 4) is 5.75 Å². The number of benzene rings is 2. The number of rotatable bonds is 5.